The molecule has 1 saturated heterocycles. The zero-order valence-electron chi connectivity index (χ0n) is 11.6. The van der Waals surface area contributed by atoms with Crippen LogP contribution in [0.4, 0.5) is 0 Å². The maximum atomic E-state index is 6.16. The molecule has 2 aliphatic heterocycles. The summed E-state index contributed by atoms with van der Waals surface area (Å²) in [6, 6.07) is 8.82. The lowest BCUT2D eigenvalue weighted by Crippen LogP contribution is -2.48. The molecular formula is C16H23NO2. The predicted molar refractivity (Wildman–Crippen MR) is 75.6 cm³/mol. The summed E-state index contributed by atoms with van der Waals surface area (Å²) in [6.45, 7) is 5.03. The van der Waals surface area contributed by atoms with E-state index in [1.54, 1.807) is 0 Å². The first-order valence-electron chi connectivity index (χ1n) is 7.44. The van der Waals surface area contributed by atoms with Crippen molar-refractivity contribution in [2.45, 2.75) is 38.3 Å². The van der Waals surface area contributed by atoms with Gasteiger partial charge in [-0.25, -0.2) is 0 Å². The zero-order valence-corrected chi connectivity index (χ0v) is 11.6. The summed E-state index contributed by atoms with van der Waals surface area (Å²) in [7, 11) is 0. The standard InChI is InChI=1S/C16H23NO2/c1-2-8-17-16(13-7-9-18-11-13)15-10-12-5-3-4-6-14(12)19-15/h3-6,13,15-17H,2,7-11H2,1H3. The van der Waals surface area contributed by atoms with Gasteiger partial charge in [0, 0.05) is 25.0 Å². The molecular weight excluding hydrogens is 238 g/mol. The van der Waals surface area contributed by atoms with Gasteiger partial charge in [-0.3, -0.25) is 0 Å². The number of rotatable bonds is 5. The molecule has 0 amide bonds. The Morgan fingerprint density at radius 3 is 3.00 bits per heavy atom. The molecule has 3 nitrogen and oxygen atoms in total. The fraction of sp³-hybridized carbons (Fsp3) is 0.625. The van der Waals surface area contributed by atoms with Gasteiger partial charge in [-0.05, 0) is 31.0 Å². The van der Waals surface area contributed by atoms with Crippen LogP contribution in [-0.2, 0) is 11.2 Å². The molecule has 2 heterocycles. The van der Waals surface area contributed by atoms with Crippen molar-refractivity contribution in [3.63, 3.8) is 0 Å². The van der Waals surface area contributed by atoms with Crippen molar-refractivity contribution in [1.82, 2.24) is 5.32 Å². The SMILES string of the molecule is CCCNC(C1CCOC1)C1Cc2ccccc2O1. The molecule has 1 aromatic rings. The highest BCUT2D eigenvalue weighted by Gasteiger charge is 2.36. The minimum Gasteiger partial charge on any atom is -0.488 e. The van der Waals surface area contributed by atoms with Gasteiger partial charge in [-0.2, -0.15) is 0 Å². The van der Waals surface area contributed by atoms with Crippen LogP contribution in [-0.4, -0.2) is 31.9 Å². The quantitative estimate of drug-likeness (QED) is 0.883. The Bertz CT molecular complexity index is 390. The summed E-state index contributed by atoms with van der Waals surface area (Å²) in [5, 5.41) is 3.68. The van der Waals surface area contributed by atoms with E-state index in [-0.39, 0.29) is 6.10 Å². The molecule has 1 N–H and O–H groups in total. The van der Waals surface area contributed by atoms with E-state index in [0.29, 0.717) is 12.0 Å². The molecule has 3 heteroatoms. The van der Waals surface area contributed by atoms with Gasteiger partial charge in [-0.15, -0.1) is 0 Å². The highest BCUT2D eigenvalue weighted by Crippen LogP contribution is 2.32. The second-order valence-corrected chi connectivity index (χ2v) is 5.57. The van der Waals surface area contributed by atoms with E-state index >= 15 is 0 Å². The van der Waals surface area contributed by atoms with Crippen molar-refractivity contribution in [3.05, 3.63) is 29.8 Å². The van der Waals surface area contributed by atoms with Gasteiger partial charge in [0.25, 0.3) is 0 Å². The van der Waals surface area contributed by atoms with Gasteiger partial charge in [0.1, 0.15) is 11.9 Å². The lowest BCUT2D eigenvalue weighted by Gasteiger charge is -2.29. The van der Waals surface area contributed by atoms with E-state index in [1.165, 1.54) is 5.56 Å². The van der Waals surface area contributed by atoms with E-state index < -0.39 is 0 Å². The number of fused-ring (bicyclic) bond motifs is 1. The second-order valence-electron chi connectivity index (χ2n) is 5.57. The Kier molecular flexibility index (Phi) is 4.04. The molecule has 0 aliphatic carbocycles. The molecule has 0 aromatic heterocycles. The summed E-state index contributed by atoms with van der Waals surface area (Å²) >= 11 is 0. The van der Waals surface area contributed by atoms with Gasteiger partial charge in [0.2, 0.25) is 0 Å². The highest BCUT2D eigenvalue weighted by molar-refractivity contribution is 5.37. The minimum absolute atomic E-state index is 0.260. The van der Waals surface area contributed by atoms with Crippen LogP contribution in [0.1, 0.15) is 25.3 Å². The Morgan fingerprint density at radius 1 is 1.37 bits per heavy atom. The van der Waals surface area contributed by atoms with Crippen molar-refractivity contribution in [3.8, 4) is 5.75 Å². The van der Waals surface area contributed by atoms with Crippen LogP contribution >= 0.6 is 0 Å². The summed E-state index contributed by atoms with van der Waals surface area (Å²) in [6.07, 6.45) is 3.59. The van der Waals surface area contributed by atoms with Crippen LogP contribution in [0.25, 0.3) is 0 Å². The normalized spacial score (nSPS) is 27.0. The monoisotopic (exact) mass is 261 g/mol. The molecule has 1 aromatic carbocycles. The van der Waals surface area contributed by atoms with Crippen LogP contribution in [0.2, 0.25) is 0 Å². The largest absolute Gasteiger partial charge is 0.488 e. The maximum absolute atomic E-state index is 6.16. The first-order chi connectivity index (χ1) is 9.38. The number of benzene rings is 1. The molecule has 3 rings (SSSR count). The Morgan fingerprint density at radius 2 is 2.26 bits per heavy atom. The van der Waals surface area contributed by atoms with Crippen LogP contribution in [0, 0.1) is 5.92 Å². The molecule has 1 fully saturated rings. The van der Waals surface area contributed by atoms with Gasteiger partial charge in [0.15, 0.2) is 0 Å². The third-order valence-corrected chi connectivity index (χ3v) is 4.18. The van der Waals surface area contributed by atoms with Gasteiger partial charge in [-0.1, -0.05) is 25.1 Å². The van der Waals surface area contributed by atoms with Crippen molar-refractivity contribution in [2.75, 3.05) is 19.8 Å². The first kappa shape index (κ1) is 12.9. The average molecular weight is 261 g/mol. The number of ether oxygens (including phenoxy) is 2. The molecule has 0 radical (unpaired) electrons. The van der Waals surface area contributed by atoms with E-state index in [9.17, 15) is 0 Å². The van der Waals surface area contributed by atoms with Crippen LogP contribution < -0.4 is 10.1 Å². The van der Waals surface area contributed by atoms with Crippen LogP contribution in [0.3, 0.4) is 0 Å². The minimum atomic E-state index is 0.260. The van der Waals surface area contributed by atoms with E-state index in [1.807, 2.05) is 6.07 Å². The predicted octanol–water partition coefficient (Wildman–Crippen LogP) is 2.39. The van der Waals surface area contributed by atoms with Gasteiger partial charge in [0.05, 0.1) is 6.61 Å². The Hall–Kier alpha value is -1.06. The fourth-order valence-corrected chi connectivity index (χ4v) is 3.16. The lowest BCUT2D eigenvalue weighted by molar-refractivity contribution is 0.121. The maximum Gasteiger partial charge on any atom is 0.123 e. The fourth-order valence-electron chi connectivity index (χ4n) is 3.16. The molecule has 2 aliphatic rings. The van der Waals surface area contributed by atoms with E-state index in [2.05, 4.69) is 30.4 Å². The van der Waals surface area contributed by atoms with E-state index in [4.69, 9.17) is 9.47 Å². The van der Waals surface area contributed by atoms with Crippen molar-refractivity contribution >= 4 is 0 Å². The molecule has 19 heavy (non-hydrogen) atoms. The summed E-state index contributed by atoms with van der Waals surface area (Å²) < 4.78 is 11.7. The summed E-state index contributed by atoms with van der Waals surface area (Å²) in [5.41, 5.74) is 1.34. The van der Waals surface area contributed by atoms with Crippen molar-refractivity contribution in [2.24, 2.45) is 5.92 Å². The van der Waals surface area contributed by atoms with Gasteiger partial charge < -0.3 is 14.8 Å². The first-order valence-corrected chi connectivity index (χ1v) is 7.44. The molecule has 0 saturated carbocycles. The summed E-state index contributed by atoms with van der Waals surface area (Å²) in [4.78, 5) is 0. The third kappa shape index (κ3) is 2.77. The van der Waals surface area contributed by atoms with Gasteiger partial charge >= 0.3 is 0 Å². The second kappa shape index (κ2) is 5.93. The molecule has 0 spiro atoms. The van der Waals surface area contributed by atoms with Crippen molar-refractivity contribution < 1.29 is 9.47 Å². The number of hydrogen-bond acceptors (Lipinski definition) is 3. The topological polar surface area (TPSA) is 30.5 Å². The zero-order chi connectivity index (χ0) is 13.1. The Labute approximate surface area is 115 Å². The number of nitrogens with one attached hydrogen (secondary N) is 1. The molecule has 3 atom stereocenters. The van der Waals surface area contributed by atoms with Crippen LogP contribution in [0.5, 0.6) is 5.75 Å². The van der Waals surface area contributed by atoms with Crippen molar-refractivity contribution in [1.29, 1.82) is 0 Å². The van der Waals surface area contributed by atoms with E-state index in [0.717, 1.165) is 44.8 Å². The Balaban J connectivity index is 1.70. The summed E-state index contributed by atoms with van der Waals surface area (Å²) in [5.74, 6) is 1.65. The molecule has 3 unspecified atom stereocenters. The van der Waals surface area contributed by atoms with Crippen LogP contribution in [0.15, 0.2) is 24.3 Å². The average Bonchev–Trinajstić information content (AvgIpc) is 3.08. The lowest BCUT2D eigenvalue weighted by atomic mass is 9.91. The number of hydrogen-bond donors (Lipinski definition) is 1. The molecule has 104 valence electrons. The highest BCUT2D eigenvalue weighted by atomic mass is 16.5. The third-order valence-electron chi connectivity index (χ3n) is 4.18. The number of para-hydroxylation sites is 1. The molecule has 0 bridgehead atoms. The smallest absolute Gasteiger partial charge is 0.123 e.